The molecule has 0 atom stereocenters. The van der Waals surface area contributed by atoms with Crippen LogP contribution in [0.25, 0.3) is 0 Å². The van der Waals surface area contributed by atoms with E-state index >= 15 is 0 Å². The highest BCUT2D eigenvalue weighted by Gasteiger charge is 2.10. The number of amides is 1. The van der Waals surface area contributed by atoms with Crippen LogP contribution in [0.1, 0.15) is 11.1 Å². The maximum Gasteiger partial charge on any atom is 0.322 e. The van der Waals surface area contributed by atoms with Crippen LogP contribution in [0.3, 0.4) is 0 Å². The number of nitriles is 1. The van der Waals surface area contributed by atoms with Crippen molar-refractivity contribution in [2.75, 3.05) is 11.9 Å². The van der Waals surface area contributed by atoms with Crippen molar-refractivity contribution in [2.24, 2.45) is 0 Å². The van der Waals surface area contributed by atoms with Crippen molar-refractivity contribution >= 4 is 17.6 Å². The van der Waals surface area contributed by atoms with E-state index in [2.05, 4.69) is 10.6 Å². The average Bonchev–Trinajstić information content (AvgIpc) is 2.39. The largest absolute Gasteiger partial charge is 0.480 e. The molecule has 0 spiro atoms. The summed E-state index contributed by atoms with van der Waals surface area (Å²) in [6.07, 6.45) is 1.26. The molecule has 6 heteroatoms. The number of nitrogens with zero attached hydrogens (tertiary/aromatic N) is 1. The molecule has 0 bridgehead atoms. The van der Waals surface area contributed by atoms with E-state index in [0.29, 0.717) is 0 Å². The van der Waals surface area contributed by atoms with Gasteiger partial charge in [0.1, 0.15) is 18.2 Å². The Morgan fingerprint density at radius 2 is 2.10 bits per heavy atom. The van der Waals surface area contributed by atoms with Crippen molar-refractivity contribution < 1.29 is 14.7 Å². The second-order valence-corrected chi connectivity index (χ2v) is 4.21. The third-order valence-corrected chi connectivity index (χ3v) is 2.52. The zero-order chi connectivity index (χ0) is 15.1. The van der Waals surface area contributed by atoms with Crippen LogP contribution in [0.5, 0.6) is 0 Å². The number of hydrogen-bond donors (Lipinski definition) is 3. The van der Waals surface area contributed by atoms with Gasteiger partial charge < -0.3 is 15.7 Å². The van der Waals surface area contributed by atoms with Crippen LogP contribution in [0.4, 0.5) is 5.69 Å². The summed E-state index contributed by atoms with van der Waals surface area (Å²) in [6.45, 7) is 3.34. The van der Waals surface area contributed by atoms with Gasteiger partial charge in [-0.15, -0.1) is 0 Å². The molecule has 1 aromatic rings. The van der Waals surface area contributed by atoms with E-state index in [-0.39, 0.29) is 5.57 Å². The Bertz CT molecular complexity index is 600. The highest BCUT2D eigenvalue weighted by Crippen LogP contribution is 2.16. The summed E-state index contributed by atoms with van der Waals surface area (Å²) in [6, 6.07) is 7.43. The molecule has 6 nitrogen and oxygen atoms in total. The molecule has 0 aromatic heterocycles. The van der Waals surface area contributed by atoms with E-state index in [4.69, 9.17) is 10.4 Å². The second-order valence-electron chi connectivity index (χ2n) is 4.21. The Kier molecular flexibility index (Phi) is 5.30. The van der Waals surface area contributed by atoms with Gasteiger partial charge >= 0.3 is 5.97 Å². The lowest BCUT2D eigenvalue weighted by molar-refractivity contribution is -0.137. The fourth-order valence-electron chi connectivity index (χ4n) is 1.53. The molecule has 1 aromatic carbocycles. The highest BCUT2D eigenvalue weighted by molar-refractivity contribution is 5.98. The lowest BCUT2D eigenvalue weighted by atomic mass is 10.1. The van der Waals surface area contributed by atoms with E-state index < -0.39 is 18.4 Å². The third-order valence-electron chi connectivity index (χ3n) is 2.52. The van der Waals surface area contributed by atoms with Gasteiger partial charge in [-0.2, -0.15) is 5.26 Å². The molecule has 3 N–H and O–H groups in total. The Labute approximate surface area is 116 Å². The number of benzene rings is 1. The SMILES string of the molecule is Cc1ccc(N/C=C(/C#N)C(=O)NCC(=O)O)c(C)c1. The van der Waals surface area contributed by atoms with Crippen molar-refractivity contribution in [3.8, 4) is 6.07 Å². The summed E-state index contributed by atoms with van der Waals surface area (Å²) in [5.41, 5.74) is 2.67. The maximum atomic E-state index is 11.5. The third kappa shape index (κ3) is 4.46. The van der Waals surface area contributed by atoms with E-state index in [0.717, 1.165) is 16.8 Å². The first kappa shape index (κ1) is 15.2. The van der Waals surface area contributed by atoms with Gasteiger partial charge in [0.2, 0.25) is 0 Å². The topological polar surface area (TPSA) is 102 Å². The van der Waals surface area contributed by atoms with Crippen molar-refractivity contribution in [1.29, 1.82) is 5.26 Å². The molecule has 0 aliphatic heterocycles. The van der Waals surface area contributed by atoms with E-state index in [1.807, 2.05) is 32.0 Å². The number of anilines is 1. The van der Waals surface area contributed by atoms with Gasteiger partial charge in [0.25, 0.3) is 5.91 Å². The van der Waals surface area contributed by atoms with Crippen molar-refractivity contribution in [1.82, 2.24) is 5.32 Å². The summed E-state index contributed by atoms with van der Waals surface area (Å²) >= 11 is 0. The van der Waals surface area contributed by atoms with E-state index in [1.165, 1.54) is 6.20 Å². The minimum atomic E-state index is -1.17. The minimum absolute atomic E-state index is 0.189. The quantitative estimate of drug-likeness (QED) is 0.554. The first-order valence-corrected chi connectivity index (χ1v) is 5.88. The predicted octanol–water partition coefficient (Wildman–Crippen LogP) is 1.32. The van der Waals surface area contributed by atoms with Gasteiger partial charge in [0, 0.05) is 11.9 Å². The number of aliphatic carboxylic acids is 1. The molecule has 0 aliphatic rings. The number of nitrogens with one attached hydrogen (secondary N) is 2. The lowest BCUT2D eigenvalue weighted by Gasteiger charge is -2.07. The van der Waals surface area contributed by atoms with Crippen LogP contribution < -0.4 is 10.6 Å². The fourth-order valence-corrected chi connectivity index (χ4v) is 1.53. The molecule has 0 saturated carbocycles. The van der Waals surface area contributed by atoms with Crippen LogP contribution in [0.15, 0.2) is 30.0 Å². The van der Waals surface area contributed by atoms with Gasteiger partial charge in [-0.3, -0.25) is 9.59 Å². The minimum Gasteiger partial charge on any atom is -0.480 e. The summed E-state index contributed by atoms with van der Waals surface area (Å²) in [4.78, 5) is 21.9. The predicted molar refractivity (Wildman–Crippen MR) is 73.9 cm³/mol. The van der Waals surface area contributed by atoms with Gasteiger partial charge in [-0.05, 0) is 25.5 Å². The summed E-state index contributed by atoms with van der Waals surface area (Å²) in [5, 5.41) is 22.3. The number of carbonyl (C=O) groups is 2. The Balaban J connectivity index is 2.77. The zero-order valence-corrected chi connectivity index (χ0v) is 11.2. The molecule has 104 valence electrons. The van der Waals surface area contributed by atoms with Gasteiger partial charge in [0.05, 0.1) is 0 Å². The van der Waals surface area contributed by atoms with Gasteiger partial charge in [-0.1, -0.05) is 17.7 Å². The van der Waals surface area contributed by atoms with Crippen LogP contribution in [-0.2, 0) is 9.59 Å². The molecule has 1 amide bonds. The first-order valence-electron chi connectivity index (χ1n) is 5.88. The maximum absolute atomic E-state index is 11.5. The summed E-state index contributed by atoms with van der Waals surface area (Å²) < 4.78 is 0. The summed E-state index contributed by atoms with van der Waals surface area (Å²) in [5.74, 6) is -1.90. The van der Waals surface area contributed by atoms with Gasteiger partial charge in [0.15, 0.2) is 0 Å². The first-order chi connectivity index (χ1) is 9.43. The number of hydrogen-bond acceptors (Lipinski definition) is 4. The molecule has 0 radical (unpaired) electrons. The number of aryl methyl sites for hydroxylation is 2. The molecular weight excluding hydrogens is 258 g/mol. The molecule has 0 heterocycles. The monoisotopic (exact) mass is 273 g/mol. The number of carboxylic acids is 1. The highest BCUT2D eigenvalue weighted by atomic mass is 16.4. The zero-order valence-electron chi connectivity index (χ0n) is 11.2. The molecular formula is C14H15N3O3. The van der Waals surface area contributed by atoms with Crippen LogP contribution in [0, 0.1) is 25.2 Å². The van der Waals surface area contributed by atoms with Crippen molar-refractivity contribution in [3.63, 3.8) is 0 Å². The van der Waals surface area contributed by atoms with E-state index in [1.54, 1.807) is 6.07 Å². The normalized spacial score (nSPS) is 10.6. The molecule has 0 aliphatic carbocycles. The molecule has 1 rings (SSSR count). The van der Waals surface area contributed by atoms with Crippen molar-refractivity contribution in [2.45, 2.75) is 13.8 Å². The number of rotatable bonds is 5. The fraction of sp³-hybridized carbons (Fsp3) is 0.214. The smallest absolute Gasteiger partial charge is 0.322 e. The van der Waals surface area contributed by atoms with E-state index in [9.17, 15) is 9.59 Å². The van der Waals surface area contributed by atoms with Crippen LogP contribution in [0.2, 0.25) is 0 Å². The second kappa shape index (κ2) is 6.95. The number of carboxylic acid groups (broad SMARTS) is 1. The molecule has 0 fully saturated rings. The van der Waals surface area contributed by atoms with Crippen LogP contribution >= 0.6 is 0 Å². The Morgan fingerprint density at radius 3 is 2.65 bits per heavy atom. The Morgan fingerprint density at radius 1 is 1.40 bits per heavy atom. The molecule has 0 unspecified atom stereocenters. The number of carbonyl (C=O) groups excluding carboxylic acids is 1. The molecule has 20 heavy (non-hydrogen) atoms. The average molecular weight is 273 g/mol. The van der Waals surface area contributed by atoms with Gasteiger partial charge in [-0.25, -0.2) is 0 Å². The lowest BCUT2D eigenvalue weighted by Crippen LogP contribution is -2.30. The van der Waals surface area contributed by atoms with Crippen LogP contribution in [-0.4, -0.2) is 23.5 Å². The molecule has 0 saturated heterocycles. The standard InChI is InChI=1S/C14H15N3O3/c1-9-3-4-12(10(2)5-9)16-7-11(6-15)14(20)17-8-13(18)19/h3-5,7,16H,8H2,1-2H3,(H,17,20)(H,18,19)/b11-7-. The van der Waals surface area contributed by atoms with Crippen molar-refractivity contribution in [3.05, 3.63) is 41.1 Å². The Hall–Kier alpha value is -2.81. The summed E-state index contributed by atoms with van der Waals surface area (Å²) in [7, 11) is 0.